The minimum Gasteiger partial charge on any atom is -0.386 e. The molecule has 0 aliphatic heterocycles. The van der Waals surface area contributed by atoms with Crippen LogP contribution in [0.25, 0.3) is 0 Å². The number of nitrogens with zero attached hydrogens (tertiary/aromatic N) is 1. The number of amides is 1. The van der Waals surface area contributed by atoms with E-state index >= 15 is 0 Å². The van der Waals surface area contributed by atoms with Crippen LogP contribution in [0.5, 0.6) is 0 Å². The first-order valence-electron chi connectivity index (χ1n) is 12.0. The smallest absolute Gasteiger partial charge is 0.255 e. The monoisotopic (exact) mass is 562 g/mol. The van der Waals surface area contributed by atoms with E-state index < -0.39 is 56.2 Å². The molecule has 3 aromatic rings. The number of rotatable bonds is 6. The number of hydrogen-bond acceptors (Lipinski definition) is 6. The summed E-state index contributed by atoms with van der Waals surface area (Å²) < 4.78 is 53.9. The molecule has 1 aromatic heterocycles. The van der Waals surface area contributed by atoms with E-state index in [1.165, 1.54) is 18.2 Å². The normalized spacial score (nSPS) is 25.4. The summed E-state index contributed by atoms with van der Waals surface area (Å²) in [4.78, 5) is 16.7. The Morgan fingerprint density at radius 2 is 1.79 bits per heavy atom. The minimum absolute atomic E-state index is 0.00142. The van der Waals surface area contributed by atoms with Gasteiger partial charge in [-0.1, -0.05) is 17.7 Å². The first-order valence-corrected chi connectivity index (χ1v) is 14.0. The first-order chi connectivity index (χ1) is 17.9. The molecule has 3 atom stereocenters. The van der Waals surface area contributed by atoms with Gasteiger partial charge in [-0.05, 0) is 80.0 Å². The highest BCUT2D eigenvalue weighted by molar-refractivity contribution is 7.92. The van der Waals surface area contributed by atoms with Crippen molar-refractivity contribution in [2.24, 2.45) is 11.8 Å². The Labute approximate surface area is 223 Å². The number of carbonyl (C=O) groups excluding carboxylic acids is 1. The zero-order chi connectivity index (χ0) is 27.4. The van der Waals surface area contributed by atoms with E-state index in [1.54, 1.807) is 18.3 Å². The quantitative estimate of drug-likeness (QED) is 0.404. The molecule has 0 spiro atoms. The number of hydrogen-bond donors (Lipinski definition) is 3. The molecule has 3 N–H and O–H groups in total. The van der Waals surface area contributed by atoms with Crippen LogP contribution >= 0.6 is 11.6 Å². The molecule has 7 nitrogen and oxygen atoms in total. The molecule has 2 aromatic carbocycles. The summed E-state index contributed by atoms with van der Waals surface area (Å²) in [7, 11) is -4.01. The molecule has 1 heterocycles. The van der Waals surface area contributed by atoms with Crippen molar-refractivity contribution in [2.75, 3.05) is 5.32 Å². The lowest BCUT2D eigenvalue weighted by Gasteiger charge is -2.59. The van der Waals surface area contributed by atoms with Gasteiger partial charge in [0.2, 0.25) is 0 Å². The molecule has 11 heteroatoms. The highest BCUT2D eigenvalue weighted by Gasteiger charge is 2.63. The van der Waals surface area contributed by atoms with Gasteiger partial charge in [0, 0.05) is 23.5 Å². The van der Waals surface area contributed by atoms with Gasteiger partial charge < -0.3 is 15.5 Å². The van der Waals surface area contributed by atoms with E-state index in [4.69, 9.17) is 11.6 Å². The van der Waals surface area contributed by atoms with E-state index in [-0.39, 0.29) is 34.0 Å². The number of aryl methyl sites for hydroxylation is 1. The summed E-state index contributed by atoms with van der Waals surface area (Å²) in [6.07, 6.45) is 1.15. The third-order valence-electron chi connectivity index (χ3n) is 7.74. The van der Waals surface area contributed by atoms with E-state index in [9.17, 15) is 32.2 Å². The molecule has 0 radical (unpaired) electrons. The largest absolute Gasteiger partial charge is 0.386 e. The van der Waals surface area contributed by atoms with E-state index in [1.807, 2.05) is 6.92 Å². The van der Waals surface area contributed by atoms with Gasteiger partial charge in [-0.2, -0.15) is 0 Å². The zero-order valence-corrected chi connectivity index (χ0v) is 21.8. The Kier molecular flexibility index (Phi) is 6.79. The molecule has 6 rings (SSSR count). The maximum Gasteiger partial charge on any atom is 0.255 e. The fourth-order valence-corrected chi connectivity index (χ4v) is 7.99. The van der Waals surface area contributed by atoms with Gasteiger partial charge >= 0.3 is 0 Å². The average molecular weight is 563 g/mol. The lowest BCUT2D eigenvalue weighted by molar-refractivity contribution is -0.234. The first kappa shape index (κ1) is 26.7. The third kappa shape index (κ3) is 4.49. The summed E-state index contributed by atoms with van der Waals surface area (Å²) >= 11 is 6.25. The molecule has 2 bridgehead atoms. The van der Waals surface area contributed by atoms with Crippen LogP contribution in [0.4, 0.5) is 14.5 Å². The van der Waals surface area contributed by atoms with Gasteiger partial charge in [0.25, 0.3) is 5.91 Å². The number of nitrogens with one attached hydrogen (secondary N) is 1. The zero-order valence-electron chi connectivity index (χ0n) is 20.2. The van der Waals surface area contributed by atoms with Crippen molar-refractivity contribution in [2.45, 2.75) is 48.0 Å². The molecule has 200 valence electrons. The number of halogens is 3. The second-order valence-corrected chi connectivity index (χ2v) is 12.7. The number of aromatic nitrogens is 1. The summed E-state index contributed by atoms with van der Waals surface area (Å²) in [6, 6.07) is 10.1. The van der Waals surface area contributed by atoms with Crippen LogP contribution < -0.4 is 5.32 Å². The van der Waals surface area contributed by atoms with Crippen molar-refractivity contribution >= 4 is 33.0 Å². The number of sulfone groups is 1. The standard InChI is InChI=1S/C27H25ClF2N2O5S/c1-14-2-7-23(31-13-14)25(33)27(35)16-9-17(27)11-19(10-16)38(36,37)24-8-15(3-5-20(24)28)26(34)32-18-4-6-21(29)22(30)12-18/h2-8,12-13,16-17,19,25,33,35H,9-11H2,1H3,(H,32,34)/t16?,17?,19-,25?,27-. The van der Waals surface area contributed by atoms with Crippen molar-refractivity contribution in [1.29, 1.82) is 0 Å². The van der Waals surface area contributed by atoms with Crippen LogP contribution in [0, 0.1) is 30.4 Å². The summed E-state index contributed by atoms with van der Waals surface area (Å²) in [5.41, 5.74) is -0.274. The van der Waals surface area contributed by atoms with Crippen molar-refractivity contribution in [1.82, 2.24) is 4.98 Å². The molecule has 1 amide bonds. The van der Waals surface area contributed by atoms with Crippen molar-refractivity contribution in [3.8, 4) is 0 Å². The number of fused-ring (bicyclic) bond motifs is 2. The van der Waals surface area contributed by atoms with Crippen LogP contribution in [-0.4, -0.2) is 40.4 Å². The van der Waals surface area contributed by atoms with Gasteiger partial charge in [0.15, 0.2) is 21.5 Å². The molecular weight excluding hydrogens is 538 g/mol. The summed E-state index contributed by atoms with van der Waals surface area (Å²) in [5, 5.41) is 23.8. The highest BCUT2D eigenvalue weighted by Crippen LogP contribution is 2.60. The van der Waals surface area contributed by atoms with Gasteiger partial charge in [0.05, 0.1) is 20.9 Å². The predicted octanol–water partition coefficient (Wildman–Crippen LogP) is 4.61. The van der Waals surface area contributed by atoms with Crippen molar-refractivity contribution in [3.63, 3.8) is 0 Å². The molecule has 3 aliphatic rings. The highest BCUT2D eigenvalue weighted by atomic mass is 35.5. The average Bonchev–Trinajstić information content (AvgIpc) is 2.90. The van der Waals surface area contributed by atoms with Crippen molar-refractivity contribution in [3.05, 3.63) is 88.2 Å². The van der Waals surface area contributed by atoms with Crippen LogP contribution in [0.15, 0.2) is 59.6 Å². The number of aliphatic hydroxyl groups is 2. The van der Waals surface area contributed by atoms with Gasteiger partial charge in [-0.25, -0.2) is 17.2 Å². The molecule has 3 saturated carbocycles. The summed E-state index contributed by atoms with van der Waals surface area (Å²) in [5.74, 6) is -3.85. The molecule has 3 aliphatic carbocycles. The van der Waals surface area contributed by atoms with Crippen molar-refractivity contribution < 1.29 is 32.2 Å². The maximum atomic E-state index is 13.6. The number of aliphatic hydroxyl groups excluding tert-OH is 1. The molecule has 0 saturated heterocycles. The second-order valence-electron chi connectivity index (χ2n) is 10.0. The van der Waals surface area contributed by atoms with E-state index in [0.717, 1.165) is 23.8 Å². The van der Waals surface area contributed by atoms with Crippen LogP contribution in [-0.2, 0) is 9.84 Å². The number of pyridine rings is 1. The van der Waals surface area contributed by atoms with Crippen LogP contribution in [0.1, 0.15) is 47.0 Å². The fourth-order valence-electron chi connectivity index (χ4n) is 5.59. The lowest BCUT2D eigenvalue weighted by Crippen LogP contribution is -2.64. The molecular formula is C27H25ClF2N2O5S. The van der Waals surface area contributed by atoms with Gasteiger partial charge in [-0.3, -0.25) is 9.78 Å². The number of benzene rings is 2. The Hall–Kier alpha value is -2.92. The number of anilines is 1. The van der Waals surface area contributed by atoms with Crippen LogP contribution in [0.2, 0.25) is 5.02 Å². The molecule has 3 unspecified atom stereocenters. The molecule has 38 heavy (non-hydrogen) atoms. The predicted molar refractivity (Wildman–Crippen MR) is 136 cm³/mol. The van der Waals surface area contributed by atoms with Gasteiger partial charge in [-0.15, -0.1) is 0 Å². The third-order valence-corrected chi connectivity index (χ3v) is 10.4. The minimum atomic E-state index is -4.01. The van der Waals surface area contributed by atoms with E-state index in [0.29, 0.717) is 12.1 Å². The topological polar surface area (TPSA) is 117 Å². The van der Waals surface area contributed by atoms with Crippen LogP contribution in [0.3, 0.4) is 0 Å². The maximum absolute atomic E-state index is 13.6. The Morgan fingerprint density at radius 1 is 1.08 bits per heavy atom. The SMILES string of the molecule is Cc1ccc(C(O)[C@]2(O)C3CC2C[C@@H](S(=O)(=O)c2cc(C(=O)Nc4ccc(F)c(F)c4)ccc2Cl)C3)nc1. The Morgan fingerprint density at radius 3 is 2.42 bits per heavy atom. The molecule has 3 fully saturated rings. The fraction of sp³-hybridized carbons (Fsp3) is 0.333. The van der Waals surface area contributed by atoms with Gasteiger partial charge in [0.1, 0.15) is 11.7 Å². The Balaban J connectivity index is 1.35. The number of carbonyl (C=O) groups is 1. The Bertz CT molecular complexity index is 1500. The van der Waals surface area contributed by atoms with E-state index in [2.05, 4.69) is 10.3 Å². The second kappa shape index (κ2) is 9.68. The lowest BCUT2D eigenvalue weighted by atomic mass is 9.51. The summed E-state index contributed by atoms with van der Waals surface area (Å²) in [6.45, 7) is 1.86.